The maximum absolute atomic E-state index is 13.5. The molecule has 2 aromatic rings. The maximum Gasteiger partial charge on any atom is 0.191 e. The van der Waals surface area contributed by atoms with E-state index in [1.807, 2.05) is 45.0 Å². The van der Waals surface area contributed by atoms with Crippen molar-refractivity contribution in [3.63, 3.8) is 0 Å². The summed E-state index contributed by atoms with van der Waals surface area (Å²) < 4.78 is 19.1. The molecule has 0 heterocycles. The zero-order valence-electron chi connectivity index (χ0n) is 17.6. The first-order valence-electron chi connectivity index (χ1n) is 9.78. The van der Waals surface area contributed by atoms with Gasteiger partial charge in [0.1, 0.15) is 11.6 Å². The molecule has 0 aromatic heterocycles. The van der Waals surface area contributed by atoms with Gasteiger partial charge in [0.05, 0.1) is 25.4 Å². The summed E-state index contributed by atoms with van der Waals surface area (Å²) in [4.78, 5) is 4.46. The predicted octanol–water partition coefficient (Wildman–Crippen LogP) is 3.51. The van der Waals surface area contributed by atoms with Gasteiger partial charge in [-0.05, 0) is 56.2 Å². The van der Waals surface area contributed by atoms with E-state index in [0.717, 1.165) is 16.9 Å². The molecule has 8 heteroatoms. The number of aliphatic imine (C=N–C) groups is 1. The molecule has 0 saturated carbocycles. The summed E-state index contributed by atoms with van der Waals surface area (Å²) in [5.41, 5.74) is 1.81. The molecule has 6 nitrogen and oxygen atoms in total. The van der Waals surface area contributed by atoms with Gasteiger partial charge in [0.25, 0.3) is 0 Å². The first-order valence-corrected chi connectivity index (χ1v) is 9.78. The summed E-state index contributed by atoms with van der Waals surface area (Å²) in [7, 11) is 0. The van der Waals surface area contributed by atoms with Crippen LogP contribution in [-0.2, 0) is 13.2 Å². The summed E-state index contributed by atoms with van der Waals surface area (Å²) in [5.74, 6) is 0.875. The molecule has 30 heavy (non-hydrogen) atoms. The standard InChI is InChI=1S/C22H30FN3O3.HI/c1-4-24-22(25-12-16-5-10-20(23)18(11-16)14-27)26-13-21(28)17-6-8-19(9-7-17)29-15(2)3;/h5-11,15,21,27-28H,4,12-14H2,1-3H3,(H2,24,25,26);1H. The van der Waals surface area contributed by atoms with Crippen molar-refractivity contribution in [3.05, 3.63) is 65.0 Å². The molecule has 0 fully saturated rings. The highest BCUT2D eigenvalue weighted by molar-refractivity contribution is 14.0. The van der Waals surface area contributed by atoms with Crippen LogP contribution in [0.4, 0.5) is 4.39 Å². The van der Waals surface area contributed by atoms with Gasteiger partial charge < -0.3 is 25.6 Å². The molecular weight excluding hydrogens is 500 g/mol. The van der Waals surface area contributed by atoms with Gasteiger partial charge >= 0.3 is 0 Å². The van der Waals surface area contributed by atoms with Gasteiger partial charge in [0, 0.05) is 18.7 Å². The predicted molar refractivity (Wildman–Crippen MR) is 128 cm³/mol. The highest BCUT2D eigenvalue weighted by Gasteiger charge is 2.09. The third-order valence-corrected chi connectivity index (χ3v) is 4.14. The topological polar surface area (TPSA) is 86.1 Å². The molecular formula is C22H31FIN3O3. The van der Waals surface area contributed by atoms with E-state index in [1.54, 1.807) is 12.1 Å². The summed E-state index contributed by atoms with van der Waals surface area (Å²) in [5, 5.41) is 25.8. The Morgan fingerprint density at radius 1 is 1.13 bits per heavy atom. The van der Waals surface area contributed by atoms with Crippen LogP contribution in [0.2, 0.25) is 0 Å². The fourth-order valence-corrected chi connectivity index (χ4v) is 2.71. The molecule has 4 N–H and O–H groups in total. The third-order valence-electron chi connectivity index (χ3n) is 4.14. The normalized spacial score (nSPS) is 12.3. The van der Waals surface area contributed by atoms with E-state index < -0.39 is 11.9 Å². The van der Waals surface area contributed by atoms with Gasteiger partial charge in [0.15, 0.2) is 5.96 Å². The van der Waals surface area contributed by atoms with Crippen LogP contribution >= 0.6 is 24.0 Å². The fourth-order valence-electron chi connectivity index (χ4n) is 2.71. The number of aliphatic hydroxyl groups is 2. The van der Waals surface area contributed by atoms with E-state index >= 15 is 0 Å². The number of aliphatic hydroxyl groups excluding tert-OH is 2. The number of benzene rings is 2. The maximum atomic E-state index is 13.5. The van der Waals surface area contributed by atoms with Crippen LogP contribution in [0, 0.1) is 5.82 Å². The zero-order chi connectivity index (χ0) is 21.2. The smallest absolute Gasteiger partial charge is 0.191 e. The second-order valence-electron chi connectivity index (χ2n) is 6.91. The molecule has 166 valence electrons. The number of rotatable bonds is 9. The van der Waals surface area contributed by atoms with Crippen molar-refractivity contribution in [2.75, 3.05) is 13.1 Å². The SMILES string of the molecule is CCNC(=NCc1ccc(F)c(CO)c1)NCC(O)c1ccc(OC(C)C)cc1.I. The lowest BCUT2D eigenvalue weighted by Crippen LogP contribution is -2.39. The Morgan fingerprint density at radius 2 is 1.83 bits per heavy atom. The summed E-state index contributed by atoms with van der Waals surface area (Å²) in [6.07, 6.45) is -0.611. The lowest BCUT2D eigenvalue weighted by atomic mass is 10.1. The molecule has 0 aliphatic rings. The van der Waals surface area contributed by atoms with Gasteiger partial charge in [-0.3, -0.25) is 0 Å². The summed E-state index contributed by atoms with van der Waals surface area (Å²) in [6.45, 7) is 6.78. The highest BCUT2D eigenvalue weighted by atomic mass is 127. The van der Waals surface area contributed by atoms with E-state index in [9.17, 15) is 14.6 Å². The quantitative estimate of drug-likeness (QED) is 0.226. The van der Waals surface area contributed by atoms with Crippen LogP contribution in [0.15, 0.2) is 47.5 Å². The van der Waals surface area contributed by atoms with Crippen LogP contribution in [0.3, 0.4) is 0 Å². The minimum absolute atomic E-state index is 0. The zero-order valence-corrected chi connectivity index (χ0v) is 19.9. The van der Waals surface area contributed by atoms with E-state index in [2.05, 4.69) is 15.6 Å². The Hall–Kier alpha value is -1.91. The second-order valence-corrected chi connectivity index (χ2v) is 6.91. The molecule has 1 atom stereocenters. The molecule has 1 unspecified atom stereocenters. The van der Waals surface area contributed by atoms with Gasteiger partial charge in [-0.2, -0.15) is 0 Å². The Balaban J connectivity index is 0.00000450. The first-order chi connectivity index (χ1) is 13.9. The Labute approximate surface area is 194 Å². The van der Waals surface area contributed by atoms with E-state index in [0.29, 0.717) is 19.0 Å². The van der Waals surface area contributed by atoms with Crippen molar-refractivity contribution in [1.82, 2.24) is 10.6 Å². The van der Waals surface area contributed by atoms with E-state index in [4.69, 9.17) is 4.74 Å². The Morgan fingerprint density at radius 3 is 2.43 bits per heavy atom. The minimum atomic E-state index is -0.709. The summed E-state index contributed by atoms with van der Waals surface area (Å²) in [6, 6.07) is 11.9. The number of halogens is 2. The van der Waals surface area contributed by atoms with Gasteiger partial charge in [-0.1, -0.05) is 18.2 Å². The van der Waals surface area contributed by atoms with Crippen molar-refractivity contribution < 1.29 is 19.3 Å². The van der Waals surface area contributed by atoms with Gasteiger partial charge in [-0.25, -0.2) is 9.38 Å². The third kappa shape index (κ3) is 8.45. The fraction of sp³-hybridized carbons (Fsp3) is 0.409. The van der Waals surface area contributed by atoms with Crippen molar-refractivity contribution in [1.29, 1.82) is 0 Å². The molecule has 0 radical (unpaired) electrons. The van der Waals surface area contributed by atoms with Crippen LogP contribution < -0.4 is 15.4 Å². The number of ether oxygens (including phenoxy) is 1. The molecule has 2 rings (SSSR count). The van der Waals surface area contributed by atoms with Gasteiger partial charge in [0.2, 0.25) is 0 Å². The summed E-state index contributed by atoms with van der Waals surface area (Å²) >= 11 is 0. The number of nitrogens with zero attached hydrogens (tertiary/aromatic N) is 1. The van der Waals surface area contributed by atoms with Crippen molar-refractivity contribution in [2.24, 2.45) is 4.99 Å². The van der Waals surface area contributed by atoms with E-state index in [1.165, 1.54) is 6.07 Å². The molecule has 0 aliphatic heterocycles. The average molecular weight is 531 g/mol. The molecule has 0 bridgehead atoms. The molecule has 0 aliphatic carbocycles. The van der Waals surface area contributed by atoms with Crippen LogP contribution in [0.5, 0.6) is 5.75 Å². The molecule has 0 spiro atoms. The molecule has 0 amide bonds. The average Bonchev–Trinajstić information content (AvgIpc) is 2.71. The monoisotopic (exact) mass is 531 g/mol. The first kappa shape index (κ1) is 26.1. The van der Waals surface area contributed by atoms with Crippen LogP contribution in [-0.4, -0.2) is 35.4 Å². The molecule has 2 aromatic carbocycles. The lowest BCUT2D eigenvalue weighted by molar-refractivity contribution is 0.180. The second kappa shape index (κ2) is 13.4. The Bertz CT molecular complexity index is 801. The van der Waals surface area contributed by atoms with Crippen molar-refractivity contribution >= 4 is 29.9 Å². The lowest BCUT2D eigenvalue weighted by Gasteiger charge is -2.16. The van der Waals surface area contributed by atoms with Crippen molar-refractivity contribution in [2.45, 2.75) is 46.1 Å². The number of guanidine groups is 1. The molecule has 0 saturated heterocycles. The van der Waals surface area contributed by atoms with Crippen LogP contribution in [0.1, 0.15) is 43.6 Å². The Kier molecular flexibility index (Phi) is 11.7. The van der Waals surface area contributed by atoms with Gasteiger partial charge in [-0.15, -0.1) is 24.0 Å². The minimum Gasteiger partial charge on any atom is -0.491 e. The number of hydrogen-bond acceptors (Lipinski definition) is 4. The number of nitrogens with one attached hydrogen (secondary N) is 2. The van der Waals surface area contributed by atoms with Crippen molar-refractivity contribution in [3.8, 4) is 5.75 Å². The number of hydrogen-bond donors (Lipinski definition) is 4. The van der Waals surface area contributed by atoms with Crippen LogP contribution in [0.25, 0.3) is 0 Å². The largest absolute Gasteiger partial charge is 0.491 e. The van der Waals surface area contributed by atoms with E-state index in [-0.39, 0.29) is 48.8 Å². The highest BCUT2D eigenvalue weighted by Crippen LogP contribution is 2.18.